The summed E-state index contributed by atoms with van der Waals surface area (Å²) < 4.78 is 0. The largest absolute Gasteiger partial charge is 0.315 e. The molecular formula is C15H19NO2. The molecule has 0 saturated heterocycles. The highest BCUT2D eigenvalue weighted by atomic mass is 16.2. The summed E-state index contributed by atoms with van der Waals surface area (Å²) in [6.07, 6.45) is 0.929. The van der Waals surface area contributed by atoms with Crippen LogP contribution >= 0.6 is 0 Å². The normalized spacial score (nSPS) is 14.9. The van der Waals surface area contributed by atoms with Crippen molar-refractivity contribution < 1.29 is 9.59 Å². The summed E-state index contributed by atoms with van der Waals surface area (Å²) >= 11 is 0. The van der Waals surface area contributed by atoms with Crippen molar-refractivity contribution in [3.8, 4) is 0 Å². The predicted molar refractivity (Wildman–Crippen MR) is 72.0 cm³/mol. The van der Waals surface area contributed by atoms with E-state index < -0.39 is 0 Å². The summed E-state index contributed by atoms with van der Waals surface area (Å²) in [5.74, 6) is 0.234. The van der Waals surface area contributed by atoms with E-state index in [1.165, 1.54) is 0 Å². The number of benzene rings is 1. The second-order valence-electron chi connectivity index (χ2n) is 6.13. The zero-order valence-electron chi connectivity index (χ0n) is 11.4. The number of anilines is 1. The smallest absolute Gasteiger partial charge is 0.231 e. The van der Waals surface area contributed by atoms with Crippen molar-refractivity contribution in [2.45, 2.75) is 33.6 Å². The van der Waals surface area contributed by atoms with Crippen LogP contribution in [0.4, 0.5) is 5.69 Å². The first-order valence-electron chi connectivity index (χ1n) is 6.20. The van der Waals surface area contributed by atoms with Crippen LogP contribution in [0.1, 0.15) is 43.1 Å². The van der Waals surface area contributed by atoms with Crippen molar-refractivity contribution in [3.63, 3.8) is 0 Å². The maximum Gasteiger partial charge on any atom is 0.231 e. The fraction of sp³-hybridized carbons (Fsp3) is 0.467. The lowest BCUT2D eigenvalue weighted by Gasteiger charge is -2.17. The van der Waals surface area contributed by atoms with Gasteiger partial charge in [0.2, 0.25) is 5.91 Å². The summed E-state index contributed by atoms with van der Waals surface area (Å²) in [4.78, 5) is 25.4. The fourth-order valence-electron chi connectivity index (χ4n) is 2.23. The van der Waals surface area contributed by atoms with Crippen LogP contribution in [0, 0.1) is 5.41 Å². The highest BCUT2D eigenvalue weighted by Gasteiger charge is 2.25. The Morgan fingerprint density at radius 3 is 2.61 bits per heavy atom. The fourth-order valence-corrected chi connectivity index (χ4v) is 2.23. The van der Waals surface area contributed by atoms with Crippen LogP contribution in [-0.4, -0.2) is 18.7 Å². The van der Waals surface area contributed by atoms with Crippen LogP contribution in [0.5, 0.6) is 0 Å². The lowest BCUT2D eigenvalue weighted by molar-refractivity contribution is -0.117. The van der Waals surface area contributed by atoms with E-state index in [0.717, 1.165) is 11.3 Å². The van der Waals surface area contributed by atoms with Crippen molar-refractivity contribution in [1.82, 2.24) is 0 Å². The van der Waals surface area contributed by atoms with E-state index in [1.807, 2.05) is 18.2 Å². The minimum Gasteiger partial charge on any atom is -0.315 e. The van der Waals surface area contributed by atoms with Gasteiger partial charge in [0.25, 0.3) is 0 Å². The molecule has 0 unspecified atom stereocenters. The number of carbonyl (C=O) groups is 2. The maximum absolute atomic E-state index is 12.1. The molecule has 1 aromatic rings. The molecule has 1 aromatic carbocycles. The highest BCUT2D eigenvalue weighted by Crippen LogP contribution is 2.30. The Balaban J connectivity index is 2.26. The third kappa shape index (κ3) is 2.45. The Hall–Kier alpha value is -1.64. The Morgan fingerprint density at radius 1 is 1.33 bits per heavy atom. The van der Waals surface area contributed by atoms with Crippen molar-refractivity contribution in [1.29, 1.82) is 0 Å². The van der Waals surface area contributed by atoms with Crippen molar-refractivity contribution in [2.24, 2.45) is 5.41 Å². The third-order valence-electron chi connectivity index (χ3n) is 3.17. The van der Waals surface area contributed by atoms with E-state index in [1.54, 1.807) is 11.9 Å². The summed E-state index contributed by atoms with van der Waals surface area (Å²) in [7, 11) is 1.77. The molecule has 96 valence electrons. The maximum atomic E-state index is 12.1. The number of nitrogens with zero attached hydrogens (tertiary/aromatic N) is 1. The van der Waals surface area contributed by atoms with Crippen LogP contribution in [0.2, 0.25) is 0 Å². The molecule has 0 radical (unpaired) electrons. The van der Waals surface area contributed by atoms with E-state index in [4.69, 9.17) is 0 Å². The molecule has 0 atom stereocenters. The summed E-state index contributed by atoms with van der Waals surface area (Å²) in [5, 5.41) is 0. The first kappa shape index (κ1) is 12.8. The number of carbonyl (C=O) groups excluding carboxylic acids is 2. The average Bonchev–Trinajstić information content (AvgIpc) is 2.52. The average molecular weight is 245 g/mol. The summed E-state index contributed by atoms with van der Waals surface area (Å²) in [6.45, 7) is 6.15. The molecule has 0 saturated carbocycles. The first-order valence-corrected chi connectivity index (χ1v) is 6.20. The van der Waals surface area contributed by atoms with Gasteiger partial charge in [0.1, 0.15) is 0 Å². The predicted octanol–water partition coefficient (Wildman–Crippen LogP) is 2.82. The van der Waals surface area contributed by atoms with Gasteiger partial charge in [-0.3, -0.25) is 9.59 Å². The van der Waals surface area contributed by atoms with Gasteiger partial charge in [-0.2, -0.15) is 0 Å². The lowest BCUT2D eigenvalue weighted by Crippen LogP contribution is -2.20. The monoisotopic (exact) mass is 245 g/mol. The number of likely N-dealkylation sites (N-methyl/N-ethyl adjacent to an activating group) is 1. The Morgan fingerprint density at radius 2 is 2.00 bits per heavy atom. The molecular weight excluding hydrogens is 226 g/mol. The number of Topliss-reactive ketones (excluding diaryl/α,β-unsaturated/α-hetero) is 1. The quantitative estimate of drug-likeness (QED) is 0.751. The minimum atomic E-state index is -0.0112. The van der Waals surface area contributed by atoms with Gasteiger partial charge >= 0.3 is 0 Å². The van der Waals surface area contributed by atoms with Gasteiger partial charge in [0.15, 0.2) is 5.78 Å². The SMILES string of the molecule is CN1C(=O)Cc2cc(C(=O)CC(C)(C)C)ccc21. The van der Waals surface area contributed by atoms with Gasteiger partial charge in [-0.05, 0) is 29.2 Å². The van der Waals surface area contributed by atoms with Crippen LogP contribution < -0.4 is 4.90 Å². The molecule has 0 aliphatic carbocycles. The Kier molecular flexibility index (Phi) is 3.01. The van der Waals surface area contributed by atoms with Crippen LogP contribution in [-0.2, 0) is 11.2 Å². The number of ketones is 1. The second kappa shape index (κ2) is 4.23. The molecule has 0 bridgehead atoms. The number of fused-ring (bicyclic) bond motifs is 1. The topological polar surface area (TPSA) is 37.4 Å². The van der Waals surface area contributed by atoms with Gasteiger partial charge in [0, 0.05) is 24.7 Å². The van der Waals surface area contributed by atoms with Crippen molar-refractivity contribution in [2.75, 3.05) is 11.9 Å². The van der Waals surface area contributed by atoms with Gasteiger partial charge in [-0.15, -0.1) is 0 Å². The van der Waals surface area contributed by atoms with Crippen molar-refractivity contribution >= 4 is 17.4 Å². The molecule has 3 heteroatoms. The van der Waals surface area contributed by atoms with E-state index >= 15 is 0 Å². The molecule has 0 N–H and O–H groups in total. The molecule has 1 aliphatic heterocycles. The third-order valence-corrected chi connectivity index (χ3v) is 3.17. The molecule has 1 heterocycles. The Bertz CT molecular complexity index is 512. The lowest BCUT2D eigenvalue weighted by atomic mass is 9.87. The van der Waals surface area contributed by atoms with Crippen LogP contribution in [0.15, 0.2) is 18.2 Å². The van der Waals surface area contributed by atoms with Crippen molar-refractivity contribution in [3.05, 3.63) is 29.3 Å². The number of amides is 1. The Labute approximate surface area is 108 Å². The van der Waals surface area contributed by atoms with E-state index in [0.29, 0.717) is 18.4 Å². The summed E-state index contributed by atoms with van der Waals surface area (Å²) in [6, 6.07) is 5.56. The zero-order valence-corrected chi connectivity index (χ0v) is 11.4. The molecule has 0 aromatic heterocycles. The molecule has 0 spiro atoms. The second-order valence-corrected chi connectivity index (χ2v) is 6.13. The van der Waals surface area contributed by atoms with Gasteiger partial charge in [-0.1, -0.05) is 20.8 Å². The van der Waals surface area contributed by atoms with Gasteiger partial charge < -0.3 is 4.90 Å². The molecule has 18 heavy (non-hydrogen) atoms. The molecule has 1 amide bonds. The number of rotatable bonds is 2. The number of hydrogen-bond acceptors (Lipinski definition) is 2. The van der Waals surface area contributed by atoms with E-state index in [-0.39, 0.29) is 17.1 Å². The number of hydrogen-bond donors (Lipinski definition) is 0. The first-order chi connectivity index (χ1) is 8.28. The highest BCUT2D eigenvalue weighted by molar-refractivity contribution is 6.03. The molecule has 0 fully saturated rings. The minimum absolute atomic E-state index is 0.0112. The van der Waals surface area contributed by atoms with Crippen LogP contribution in [0.3, 0.4) is 0 Å². The molecule has 1 aliphatic rings. The summed E-state index contributed by atoms with van der Waals surface area (Å²) in [5.41, 5.74) is 2.59. The molecule has 3 nitrogen and oxygen atoms in total. The van der Waals surface area contributed by atoms with E-state index in [9.17, 15) is 9.59 Å². The van der Waals surface area contributed by atoms with Gasteiger partial charge in [-0.25, -0.2) is 0 Å². The van der Waals surface area contributed by atoms with Crippen LogP contribution in [0.25, 0.3) is 0 Å². The zero-order chi connectivity index (χ0) is 13.5. The van der Waals surface area contributed by atoms with E-state index in [2.05, 4.69) is 20.8 Å². The van der Waals surface area contributed by atoms with Gasteiger partial charge in [0.05, 0.1) is 6.42 Å². The standard InChI is InChI=1S/C15H19NO2/c1-15(2,3)9-13(17)10-5-6-12-11(7-10)8-14(18)16(12)4/h5-7H,8-9H2,1-4H3. The molecule has 2 rings (SSSR count).